The van der Waals surface area contributed by atoms with Gasteiger partial charge in [0.05, 0.1) is 6.20 Å². The molecule has 0 radical (unpaired) electrons. The topological polar surface area (TPSA) is 24.3 Å². The molecular formula is C19H26N4. The van der Waals surface area contributed by atoms with E-state index in [2.05, 4.69) is 52.4 Å². The van der Waals surface area contributed by atoms with E-state index in [1.165, 1.54) is 43.6 Å². The van der Waals surface area contributed by atoms with Crippen LogP contribution in [0.1, 0.15) is 29.5 Å². The van der Waals surface area contributed by atoms with E-state index in [9.17, 15) is 0 Å². The molecule has 0 bridgehead atoms. The summed E-state index contributed by atoms with van der Waals surface area (Å²) in [6, 6.07) is 9.09. The van der Waals surface area contributed by atoms with Crippen molar-refractivity contribution in [3.8, 4) is 0 Å². The molecule has 0 aliphatic carbocycles. The number of hydrogen-bond donors (Lipinski definition) is 0. The minimum absolute atomic E-state index is 0.356. The molecule has 4 nitrogen and oxygen atoms in total. The van der Waals surface area contributed by atoms with Crippen molar-refractivity contribution in [3.05, 3.63) is 53.3 Å². The number of hydrogen-bond acceptors (Lipinski definition) is 3. The number of likely N-dealkylation sites (tertiary alicyclic amines) is 1. The van der Waals surface area contributed by atoms with Gasteiger partial charge >= 0.3 is 0 Å². The summed E-state index contributed by atoms with van der Waals surface area (Å²) in [7, 11) is 4.25. The molecule has 4 rings (SSSR count). The molecule has 1 saturated heterocycles. The molecule has 23 heavy (non-hydrogen) atoms. The van der Waals surface area contributed by atoms with Crippen LogP contribution in [0.3, 0.4) is 0 Å². The Morgan fingerprint density at radius 1 is 1.13 bits per heavy atom. The lowest BCUT2D eigenvalue weighted by atomic mass is 9.69. The predicted octanol–water partition coefficient (Wildman–Crippen LogP) is 2.40. The average molecular weight is 310 g/mol. The highest BCUT2D eigenvalue weighted by Crippen LogP contribution is 2.41. The Balaban J connectivity index is 1.50. The highest BCUT2D eigenvalue weighted by atomic mass is 15.2. The molecule has 2 aliphatic heterocycles. The second-order valence-electron chi connectivity index (χ2n) is 7.41. The minimum Gasteiger partial charge on any atom is -0.301 e. The van der Waals surface area contributed by atoms with Crippen LogP contribution in [0.5, 0.6) is 0 Å². The largest absolute Gasteiger partial charge is 0.301 e. The van der Waals surface area contributed by atoms with Crippen LogP contribution in [0, 0.1) is 0 Å². The Morgan fingerprint density at radius 2 is 1.91 bits per heavy atom. The SMILES string of the molecule is CN1Cc2ccccc2C2(CCN(Cc3cnn(C)c3)CC2)C1. The van der Waals surface area contributed by atoms with Gasteiger partial charge in [0.25, 0.3) is 0 Å². The molecule has 2 aliphatic rings. The van der Waals surface area contributed by atoms with E-state index in [0.29, 0.717) is 5.41 Å². The zero-order valence-corrected chi connectivity index (χ0v) is 14.2. The molecule has 0 N–H and O–H groups in total. The Labute approximate surface area is 138 Å². The third-order valence-corrected chi connectivity index (χ3v) is 5.58. The van der Waals surface area contributed by atoms with E-state index in [0.717, 1.165) is 13.1 Å². The third kappa shape index (κ3) is 2.81. The first-order valence-corrected chi connectivity index (χ1v) is 8.61. The molecular weight excluding hydrogens is 284 g/mol. The standard InChI is InChI=1S/C19H26N4/c1-21-14-17-5-3-4-6-18(17)19(15-21)7-9-23(10-8-19)13-16-11-20-22(2)12-16/h3-6,11-12H,7-10,13-15H2,1-2H3. The predicted molar refractivity (Wildman–Crippen MR) is 92.2 cm³/mol. The molecule has 0 unspecified atom stereocenters. The smallest absolute Gasteiger partial charge is 0.0534 e. The summed E-state index contributed by atoms with van der Waals surface area (Å²) in [5, 5.41) is 4.29. The van der Waals surface area contributed by atoms with Crippen molar-refractivity contribution in [1.29, 1.82) is 0 Å². The molecule has 1 fully saturated rings. The second kappa shape index (κ2) is 5.77. The minimum atomic E-state index is 0.356. The van der Waals surface area contributed by atoms with Gasteiger partial charge in [0.1, 0.15) is 0 Å². The fourth-order valence-electron chi connectivity index (χ4n) is 4.50. The molecule has 4 heteroatoms. The van der Waals surface area contributed by atoms with Crippen LogP contribution in [0.25, 0.3) is 0 Å². The maximum atomic E-state index is 4.29. The average Bonchev–Trinajstić information content (AvgIpc) is 2.95. The first-order chi connectivity index (χ1) is 11.1. The maximum absolute atomic E-state index is 4.29. The van der Waals surface area contributed by atoms with Crippen molar-refractivity contribution in [3.63, 3.8) is 0 Å². The molecule has 0 atom stereocenters. The van der Waals surface area contributed by atoms with Gasteiger partial charge in [-0.3, -0.25) is 9.58 Å². The lowest BCUT2D eigenvalue weighted by Gasteiger charge is -2.48. The molecule has 1 aromatic heterocycles. The Hall–Kier alpha value is -1.65. The van der Waals surface area contributed by atoms with Crippen molar-refractivity contribution in [1.82, 2.24) is 19.6 Å². The normalized spacial score (nSPS) is 21.5. The molecule has 3 heterocycles. The monoisotopic (exact) mass is 310 g/mol. The first-order valence-electron chi connectivity index (χ1n) is 8.61. The molecule has 2 aromatic rings. The van der Waals surface area contributed by atoms with Gasteiger partial charge in [0, 0.05) is 43.9 Å². The van der Waals surface area contributed by atoms with Gasteiger partial charge in [0.15, 0.2) is 0 Å². The Morgan fingerprint density at radius 3 is 2.65 bits per heavy atom. The van der Waals surface area contributed by atoms with E-state index in [1.807, 2.05) is 17.9 Å². The van der Waals surface area contributed by atoms with Crippen molar-refractivity contribution in [2.24, 2.45) is 7.05 Å². The molecule has 122 valence electrons. The summed E-state index contributed by atoms with van der Waals surface area (Å²) in [6.45, 7) is 5.68. The number of fused-ring (bicyclic) bond motifs is 2. The number of nitrogens with zero attached hydrogens (tertiary/aromatic N) is 4. The number of benzene rings is 1. The number of likely N-dealkylation sites (N-methyl/N-ethyl adjacent to an activating group) is 1. The van der Waals surface area contributed by atoms with E-state index in [1.54, 1.807) is 5.56 Å². The summed E-state index contributed by atoms with van der Waals surface area (Å²) in [6.07, 6.45) is 6.64. The summed E-state index contributed by atoms with van der Waals surface area (Å²) in [5.74, 6) is 0. The second-order valence-corrected chi connectivity index (χ2v) is 7.41. The van der Waals surface area contributed by atoms with Crippen LogP contribution < -0.4 is 0 Å². The first kappa shape index (κ1) is 14.9. The number of rotatable bonds is 2. The quantitative estimate of drug-likeness (QED) is 0.851. The van der Waals surface area contributed by atoms with Gasteiger partial charge in [-0.05, 0) is 44.1 Å². The van der Waals surface area contributed by atoms with E-state index in [-0.39, 0.29) is 0 Å². The summed E-state index contributed by atoms with van der Waals surface area (Å²) < 4.78 is 1.90. The van der Waals surface area contributed by atoms with E-state index >= 15 is 0 Å². The van der Waals surface area contributed by atoms with E-state index < -0.39 is 0 Å². The van der Waals surface area contributed by atoms with Crippen LogP contribution in [0.2, 0.25) is 0 Å². The van der Waals surface area contributed by atoms with Gasteiger partial charge in [-0.15, -0.1) is 0 Å². The Kier molecular flexibility index (Phi) is 3.74. The molecule has 0 amide bonds. The van der Waals surface area contributed by atoms with Crippen LogP contribution >= 0.6 is 0 Å². The highest BCUT2D eigenvalue weighted by molar-refractivity contribution is 5.37. The van der Waals surface area contributed by atoms with Gasteiger partial charge in [-0.2, -0.15) is 5.10 Å². The van der Waals surface area contributed by atoms with Crippen LogP contribution in [-0.2, 0) is 25.6 Å². The van der Waals surface area contributed by atoms with Crippen molar-refractivity contribution in [2.75, 3.05) is 26.7 Å². The third-order valence-electron chi connectivity index (χ3n) is 5.58. The van der Waals surface area contributed by atoms with Gasteiger partial charge in [0.2, 0.25) is 0 Å². The van der Waals surface area contributed by atoms with Crippen LogP contribution in [-0.4, -0.2) is 46.3 Å². The fraction of sp³-hybridized carbons (Fsp3) is 0.526. The zero-order chi connectivity index (χ0) is 15.9. The Bertz CT molecular complexity index is 682. The van der Waals surface area contributed by atoms with Crippen LogP contribution in [0.4, 0.5) is 0 Å². The number of aryl methyl sites for hydroxylation is 1. The lowest BCUT2D eigenvalue weighted by molar-refractivity contribution is 0.107. The summed E-state index contributed by atoms with van der Waals surface area (Å²) in [5.41, 5.74) is 4.82. The maximum Gasteiger partial charge on any atom is 0.0534 e. The van der Waals surface area contributed by atoms with E-state index in [4.69, 9.17) is 0 Å². The summed E-state index contributed by atoms with van der Waals surface area (Å²) in [4.78, 5) is 5.08. The highest BCUT2D eigenvalue weighted by Gasteiger charge is 2.40. The molecule has 0 saturated carbocycles. The molecule has 1 spiro atoms. The van der Waals surface area contributed by atoms with Crippen LogP contribution in [0.15, 0.2) is 36.7 Å². The zero-order valence-electron chi connectivity index (χ0n) is 14.2. The van der Waals surface area contributed by atoms with Crippen molar-refractivity contribution in [2.45, 2.75) is 31.3 Å². The van der Waals surface area contributed by atoms with Crippen molar-refractivity contribution >= 4 is 0 Å². The van der Waals surface area contributed by atoms with Gasteiger partial charge < -0.3 is 4.90 Å². The molecule has 1 aromatic carbocycles. The lowest BCUT2D eigenvalue weighted by Crippen LogP contribution is -2.50. The fourth-order valence-corrected chi connectivity index (χ4v) is 4.50. The van der Waals surface area contributed by atoms with Gasteiger partial charge in [-0.1, -0.05) is 24.3 Å². The van der Waals surface area contributed by atoms with Crippen molar-refractivity contribution < 1.29 is 0 Å². The summed E-state index contributed by atoms with van der Waals surface area (Å²) >= 11 is 0. The number of piperidine rings is 1. The van der Waals surface area contributed by atoms with Gasteiger partial charge in [-0.25, -0.2) is 0 Å². The number of aromatic nitrogens is 2.